The van der Waals surface area contributed by atoms with Crippen LogP contribution < -0.4 is 20.1 Å². The van der Waals surface area contributed by atoms with E-state index in [1.54, 1.807) is 37.1 Å². The average Bonchev–Trinajstić information content (AvgIpc) is 3.21. The molecule has 0 bridgehead atoms. The number of thioether (sulfide) groups is 1. The molecule has 124 valence electrons. The Morgan fingerprint density at radius 1 is 1.30 bits per heavy atom. The number of amides is 2. The van der Waals surface area contributed by atoms with E-state index >= 15 is 0 Å². The first-order valence-corrected chi connectivity index (χ1v) is 8.39. The number of fused-ring (bicyclic) bond motifs is 1. The van der Waals surface area contributed by atoms with Gasteiger partial charge in [0, 0.05) is 31.2 Å². The molecule has 2 amide bonds. The summed E-state index contributed by atoms with van der Waals surface area (Å²) in [5, 5.41) is 5.19. The van der Waals surface area contributed by atoms with E-state index in [2.05, 4.69) is 10.6 Å². The molecule has 2 aliphatic heterocycles. The Morgan fingerprint density at radius 3 is 2.87 bits per heavy atom. The maximum Gasteiger partial charge on any atom is 0.313 e. The van der Waals surface area contributed by atoms with E-state index in [0.717, 1.165) is 17.9 Å². The van der Waals surface area contributed by atoms with Crippen LogP contribution in [0, 0.1) is 0 Å². The topological polar surface area (TPSA) is 85.9 Å². The Balaban J connectivity index is 1.54. The highest BCUT2D eigenvalue weighted by Crippen LogP contribution is 2.34. The Labute approximate surface area is 138 Å². The minimum atomic E-state index is -0.722. The molecule has 1 aromatic carbocycles. The number of carbonyl (C=O) groups is 2. The quantitative estimate of drug-likeness (QED) is 0.797. The molecule has 7 nitrogen and oxygen atoms in total. The molecule has 2 heterocycles. The smallest absolute Gasteiger partial charge is 0.313 e. The maximum absolute atomic E-state index is 12.0. The first kappa shape index (κ1) is 15.9. The van der Waals surface area contributed by atoms with Crippen LogP contribution in [-0.4, -0.2) is 49.4 Å². The summed E-state index contributed by atoms with van der Waals surface area (Å²) in [5.41, 5.74) is 0.103. The largest absolute Gasteiger partial charge is 0.454 e. The zero-order chi connectivity index (χ0) is 16.3. The highest BCUT2D eigenvalue weighted by Gasteiger charge is 2.35. The Kier molecular flexibility index (Phi) is 4.63. The zero-order valence-electron chi connectivity index (χ0n) is 12.7. The van der Waals surface area contributed by atoms with E-state index in [9.17, 15) is 9.59 Å². The van der Waals surface area contributed by atoms with Crippen LogP contribution >= 0.6 is 11.8 Å². The van der Waals surface area contributed by atoms with Crippen molar-refractivity contribution < 1.29 is 23.8 Å². The van der Waals surface area contributed by atoms with Crippen LogP contribution in [0.1, 0.15) is 6.42 Å². The highest BCUT2D eigenvalue weighted by atomic mass is 32.2. The van der Waals surface area contributed by atoms with Crippen molar-refractivity contribution >= 4 is 29.3 Å². The summed E-state index contributed by atoms with van der Waals surface area (Å²) >= 11 is 1.78. The average molecular weight is 338 g/mol. The van der Waals surface area contributed by atoms with Crippen molar-refractivity contribution in [3.8, 4) is 11.5 Å². The molecule has 1 fully saturated rings. The number of methoxy groups -OCH3 is 1. The standard InChI is InChI=1S/C15H18N2O5S/c1-20-15(4-5-23-8-15)7-16-13(18)14(19)17-10-2-3-11-12(6-10)22-9-21-11/h2-3,6H,4-5,7-9H2,1H3,(H,16,18)(H,17,19). The molecule has 0 saturated carbocycles. The van der Waals surface area contributed by atoms with Crippen LogP contribution in [-0.2, 0) is 14.3 Å². The van der Waals surface area contributed by atoms with Crippen molar-refractivity contribution in [2.45, 2.75) is 12.0 Å². The maximum atomic E-state index is 12.0. The minimum Gasteiger partial charge on any atom is -0.454 e. The monoisotopic (exact) mass is 338 g/mol. The lowest BCUT2D eigenvalue weighted by Crippen LogP contribution is -2.47. The normalized spacial score (nSPS) is 22.0. The highest BCUT2D eigenvalue weighted by molar-refractivity contribution is 7.99. The zero-order valence-corrected chi connectivity index (χ0v) is 13.5. The third-order valence-corrected chi connectivity index (χ3v) is 5.13. The van der Waals surface area contributed by atoms with Gasteiger partial charge in [-0.15, -0.1) is 0 Å². The molecule has 1 unspecified atom stereocenters. The number of hydrogen-bond acceptors (Lipinski definition) is 6. The van der Waals surface area contributed by atoms with Gasteiger partial charge in [-0.3, -0.25) is 9.59 Å². The third-order valence-electron chi connectivity index (χ3n) is 3.91. The summed E-state index contributed by atoms with van der Waals surface area (Å²) in [7, 11) is 1.63. The van der Waals surface area contributed by atoms with Crippen molar-refractivity contribution in [2.24, 2.45) is 0 Å². The van der Waals surface area contributed by atoms with Crippen molar-refractivity contribution in [1.82, 2.24) is 5.32 Å². The number of nitrogens with one attached hydrogen (secondary N) is 2. The predicted octanol–water partition coefficient (Wildman–Crippen LogP) is 0.992. The van der Waals surface area contributed by atoms with Gasteiger partial charge in [0.1, 0.15) is 0 Å². The molecule has 2 aliphatic rings. The van der Waals surface area contributed by atoms with Crippen molar-refractivity contribution in [1.29, 1.82) is 0 Å². The Morgan fingerprint density at radius 2 is 2.13 bits per heavy atom. The fourth-order valence-corrected chi connectivity index (χ4v) is 3.84. The van der Waals surface area contributed by atoms with Crippen molar-refractivity contribution in [2.75, 3.05) is 37.3 Å². The van der Waals surface area contributed by atoms with Crippen LogP contribution in [0.5, 0.6) is 11.5 Å². The molecule has 1 saturated heterocycles. The molecule has 1 aromatic rings. The second-order valence-electron chi connectivity index (χ2n) is 5.39. The van der Waals surface area contributed by atoms with E-state index in [-0.39, 0.29) is 12.4 Å². The molecule has 2 N–H and O–H groups in total. The SMILES string of the molecule is COC1(CNC(=O)C(=O)Nc2ccc3c(c2)OCO3)CCSC1. The number of ether oxygens (including phenoxy) is 3. The molecular formula is C15H18N2O5S. The summed E-state index contributed by atoms with van der Waals surface area (Å²) < 4.78 is 15.9. The molecule has 8 heteroatoms. The molecule has 23 heavy (non-hydrogen) atoms. The minimum absolute atomic E-state index is 0.157. The van der Waals surface area contributed by atoms with Crippen LogP contribution in [0.25, 0.3) is 0 Å². The number of hydrogen-bond donors (Lipinski definition) is 2. The summed E-state index contributed by atoms with van der Waals surface area (Å²) in [6.45, 7) is 0.480. The summed E-state index contributed by atoms with van der Waals surface area (Å²) in [6.07, 6.45) is 0.859. The first-order valence-electron chi connectivity index (χ1n) is 7.24. The summed E-state index contributed by atoms with van der Waals surface area (Å²) in [6, 6.07) is 4.96. The molecule has 1 atom stereocenters. The van der Waals surface area contributed by atoms with Gasteiger partial charge in [-0.25, -0.2) is 0 Å². The van der Waals surface area contributed by atoms with Gasteiger partial charge >= 0.3 is 11.8 Å². The summed E-state index contributed by atoms with van der Waals surface area (Å²) in [5.74, 6) is 1.57. The first-order chi connectivity index (χ1) is 11.1. The molecule has 3 rings (SSSR count). The van der Waals surface area contributed by atoms with Gasteiger partial charge in [0.2, 0.25) is 6.79 Å². The fraction of sp³-hybridized carbons (Fsp3) is 0.467. The second-order valence-corrected chi connectivity index (χ2v) is 6.50. The Bertz CT molecular complexity index is 616. The van der Waals surface area contributed by atoms with Crippen LogP contribution in [0.15, 0.2) is 18.2 Å². The van der Waals surface area contributed by atoms with E-state index in [0.29, 0.717) is 23.7 Å². The third kappa shape index (κ3) is 3.53. The van der Waals surface area contributed by atoms with Crippen molar-refractivity contribution in [3.05, 3.63) is 18.2 Å². The number of benzene rings is 1. The van der Waals surface area contributed by atoms with Crippen LogP contribution in [0.3, 0.4) is 0 Å². The lowest BCUT2D eigenvalue weighted by Gasteiger charge is -2.26. The van der Waals surface area contributed by atoms with E-state index in [1.807, 2.05) is 0 Å². The molecule has 0 aliphatic carbocycles. The van der Waals surface area contributed by atoms with Gasteiger partial charge in [-0.05, 0) is 24.3 Å². The molecule has 0 spiro atoms. The van der Waals surface area contributed by atoms with Crippen molar-refractivity contribution in [3.63, 3.8) is 0 Å². The van der Waals surface area contributed by atoms with Crippen LogP contribution in [0.2, 0.25) is 0 Å². The summed E-state index contributed by atoms with van der Waals surface area (Å²) in [4.78, 5) is 23.9. The van der Waals surface area contributed by atoms with Gasteiger partial charge in [-0.1, -0.05) is 0 Å². The van der Waals surface area contributed by atoms with Gasteiger partial charge in [-0.2, -0.15) is 11.8 Å². The second kappa shape index (κ2) is 6.67. The van der Waals surface area contributed by atoms with Gasteiger partial charge in [0.15, 0.2) is 11.5 Å². The predicted molar refractivity (Wildman–Crippen MR) is 85.9 cm³/mol. The lowest BCUT2D eigenvalue weighted by atomic mass is 10.0. The lowest BCUT2D eigenvalue weighted by molar-refractivity contribution is -0.136. The molecule has 0 aromatic heterocycles. The number of carbonyl (C=O) groups excluding carboxylic acids is 2. The van der Waals surface area contributed by atoms with E-state index in [4.69, 9.17) is 14.2 Å². The molecular weight excluding hydrogens is 320 g/mol. The van der Waals surface area contributed by atoms with Gasteiger partial charge < -0.3 is 24.8 Å². The van der Waals surface area contributed by atoms with Gasteiger partial charge in [0.25, 0.3) is 0 Å². The molecule has 0 radical (unpaired) electrons. The van der Waals surface area contributed by atoms with Crippen LogP contribution in [0.4, 0.5) is 5.69 Å². The van der Waals surface area contributed by atoms with E-state index in [1.165, 1.54) is 0 Å². The number of anilines is 1. The van der Waals surface area contributed by atoms with E-state index < -0.39 is 11.8 Å². The van der Waals surface area contributed by atoms with Gasteiger partial charge in [0.05, 0.1) is 5.60 Å². The number of rotatable bonds is 4. The Hall–Kier alpha value is -1.93. The fourth-order valence-electron chi connectivity index (χ4n) is 2.44.